The summed E-state index contributed by atoms with van der Waals surface area (Å²) in [4.78, 5) is 10.9. The molecular weight excluding hydrogens is 258 g/mol. The lowest BCUT2D eigenvalue weighted by Crippen LogP contribution is -2.22. The van der Waals surface area contributed by atoms with Gasteiger partial charge in [0.25, 0.3) is 0 Å². The van der Waals surface area contributed by atoms with Gasteiger partial charge < -0.3 is 5.11 Å². The summed E-state index contributed by atoms with van der Waals surface area (Å²) in [5, 5.41) is 12.7. The third kappa shape index (κ3) is 1.85. The van der Waals surface area contributed by atoms with Gasteiger partial charge in [-0.2, -0.15) is 5.10 Å². The first-order chi connectivity index (χ1) is 8.34. The Morgan fingerprint density at radius 1 is 1.39 bits per heavy atom. The maximum absolute atomic E-state index is 11.9. The van der Waals surface area contributed by atoms with E-state index in [9.17, 15) is 13.2 Å². The maximum Gasteiger partial charge on any atom is 0.339 e. The molecule has 0 fully saturated rings. The number of hydrogen-bond donors (Lipinski definition) is 1. The monoisotopic (exact) mass is 269 g/mol. The molecule has 18 heavy (non-hydrogen) atoms. The second-order valence-corrected chi connectivity index (χ2v) is 6.00. The predicted molar refractivity (Wildman–Crippen MR) is 63.0 cm³/mol. The van der Waals surface area contributed by atoms with E-state index in [0.29, 0.717) is 5.52 Å². The van der Waals surface area contributed by atoms with Crippen molar-refractivity contribution in [2.45, 2.75) is 4.90 Å². The molecule has 0 radical (unpaired) electrons. The molecule has 0 bridgehead atoms. The predicted octanol–water partition coefficient (Wildman–Crippen LogP) is 0.283. The van der Waals surface area contributed by atoms with E-state index in [1.807, 2.05) is 0 Å². The minimum absolute atomic E-state index is 0.0313. The van der Waals surface area contributed by atoms with Crippen LogP contribution in [0.4, 0.5) is 0 Å². The van der Waals surface area contributed by atoms with Crippen LogP contribution in [0.3, 0.4) is 0 Å². The molecule has 8 heteroatoms. The van der Waals surface area contributed by atoms with E-state index >= 15 is 0 Å². The molecule has 2 rings (SSSR count). The summed E-state index contributed by atoms with van der Waals surface area (Å²) < 4.78 is 26.1. The van der Waals surface area contributed by atoms with Gasteiger partial charge in [-0.05, 0) is 12.1 Å². The van der Waals surface area contributed by atoms with Crippen molar-refractivity contribution >= 4 is 21.5 Å². The number of sulfonamides is 1. The highest BCUT2D eigenvalue weighted by Gasteiger charge is 2.19. The smallest absolute Gasteiger partial charge is 0.339 e. The Bertz CT molecular complexity index is 718. The van der Waals surface area contributed by atoms with E-state index in [4.69, 9.17) is 5.11 Å². The summed E-state index contributed by atoms with van der Waals surface area (Å²) in [6.07, 6.45) is 2.47. The van der Waals surface area contributed by atoms with Gasteiger partial charge in [-0.1, -0.05) is 0 Å². The molecular formula is C10H11N3O4S. The highest BCUT2D eigenvalue weighted by atomic mass is 32.2. The van der Waals surface area contributed by atoms with Crippen molar-refractivity contribution in [3.8, 4) is 0 Å². The molecule has 0 amide bonds. The van der Waals surface area contributed by atoms with Gasteiger partial charge in [-0.25, -0.2) is 22.0 Å². The number of hydrogen-bond acceptors (Lipinski definition) is 4. The molecule has 7 nitrogen and oxygen atoms in total. The minimum Gasteiger partial charge on any atom is -0.478 e. The summed E-state index contributed by atoms with van der Waals surface area (Å²) >= 11 is 0. The van der Waals surface area contributed by atoms with E-state index in [-0.39, 0.29) is 10.5 Å². The minimum atomic E-state index is -3.55. The fraction of sp³-hybridized carbons (Fsp3) is 0.200. The van der Waals surface area contributed by atoms with Gasteiger partial charge in [-0.3, -0.25) is 0 Å². The van der Waals surface area contributed by atoms with E-state index < -0.39 is 16.0 Å². The first-order valence-electron chi connectivity index (χ1n) is 4.97. The topological polar surface area (TPSA) is 92.0 Å². The second-order valence-electron chi connectivity index (χ2n) is 3.85. The van der Waals surface area contributed by atoms with Crippen LogP contribution >= 0.6 is 0 Å². The third-order valence-corrected chi connectivity index (χ3v) is 4.30. The van der Waals surface area contributed by atoms with Gasteiger partial charge in [0, 0.05) is 20.3 Å². The molecule has 0 aromatic carbocycles. The molecule has 0 saturated carbocycles. The molecule has 0 aliphatic carbocycles. The third-order valence-electron chi connectivity index (χ3n) is 2.50. The Balaban J connectivity index is 2.64. The first-order valence-corrected chi connectivity index (χ1v) is 6.41. The maximum atomic E-state index is 11.9. The van der Waals surface area contributed by atoms with Crippen molar-refractivity contribution in [1.82, 2.24) is 13.9 Å². The van der Waals surface area contributed by atoms with Crippen LogP contribution in [0.2, 0.25) is 0 Å². The second kappa shape index (κ2) is 4.07. The molecule has 2 aromatic heterocycles. The Morgan fingerprint density at radius 3 is 2.61 bits per heavy atom. The van der Waals surface area contributed by atoms with Crippen LogP contribution in [0.5, 0.6) is 0 Å². The zero-order valence-electron chi connectivity index (χ0n) is 9.73. The molecule has 96 valence electrons. The number of carbonyl (C=O) groups is 1. The number of rotatable bonds is 3. The summed E-state index contributed by atoms with van der Waals surface area (Å²) in [6.45, 7) is 0. The van der Waals surface area contributed by atoms with E-state index in [1.54, 1.807) is 0 Å². The number of fused-ring (bicyclic) bond motifs is 1. The van der Waals surface area contributed by atoms with Crippen molar-refractivity contribution in [2.75, 3.05) is 14.1 Å². The fourth-order valence-electron chi connectivity index (χ4n) is 1.49. The molecule has 0 atom stereocenters. The normalized spacial score (nSPS) is 12.2. The van der Waals surface area contributed by atoms with Gasteiger partial charge in [0.2, 0.25) is 10.0 Å². The van der Waals surface area contributed by atoms with E-state index in [1.165, 1.54) is 43.1 Å². The van der Waals surface area contributed by atoms with Crippen LogP contribution in [0.15, 0.2) is 29.4 Å². The van der Waals surface area contributed by atoms with Gasteiger partial charge in [0.15, 0.2) is 0 Å². The van der Waals surface area contributed by atoms with Crippen molar-refractivity contribution in [2.24, 2.45) is 0 Å². The zero-order valence-corrected chi connectivity index (χ0v) is 10.5. The van der Waals surface area contributed by atoms with Gasteiger partial charge >= 0.3 is 5.97 Å². The fourth-order valence-corrected chi connectivity index (χ4v) is 2.39. The van der Waals surface area contributed by atoms with Crippen LogP contribution in [0.1, 0.15) is 10.4 Å². The molecule has 0 unspecified atom stereocenters. The van der Waals surface area contributed by atoms with Gasteiger partial charge in [0.05, 0.1) is 11.7 Å². The summed E-state index contributed by atoms with van der Waals surface area (Å²) in [5.41, 5.74) is 0.379. The Hall–Kier alpha value is -1.93. The van der Waals surface area contributed by atoms with E-state index in [0.717, 1.165) is 4.31 Å². The van der Waals surface area contributed by atoms with Gasteiger partial charge in [-0.15, -0.1) is 0 Å². The lowest BCUT2D eigenvalue weighted by molar-refractivity contribution is 0.0699. The Labute approximate surface area is 103 Å². The van der Waals surface area contributed by atoms with Crippen molar-refractivity contribution < 1.29 is 18.3 Å². The number of aromatic carboxylic acids is 1. The zero-order chi connectivity index (χ0) is 13.5. The molecule has 2 aromatic rings. The first kappa shape index (κ1) is 12.5. The molecule has 1 N–H and O–H groups in total. The van der Waals surface area contributed by atoms with Crippen LogP contribution in [-0.2, 0) is 10.0 Å². The van der Waals surface area contributed by atoms with E-state index in [2.05, 4.69) is 5.10 Å². The number of carboxylic acid groups (broad SMARTS) is 1. The standard InChI is InChI=1S/C10H11N3O4S/c1-12(2)18(16,17)7-3-4-9-8(10(14)15)5-11-13(9)6-7/h3-6H,1-2H3,(H,14,15). The lowest BCUT2D eigenvalue weighted by Gasteiger charge is -2.11. The largest absolute Gasteiger partial charge is 0.478 e. The highest BCUT2D eigenvalue weighted by molar-refractivity contribution is 7.89. The molecule has 2 heterocycles. The molecule has 0 aliphatic heterocycles. The van der Waals surface area contributed by atoms with Gasteiger partial charge in [0.1, 0.15) is 10.5 Å². The Kier molecular flexibility index (Phi) is 2.83. The van der Waals surface area contributed by atoms with Crippen molar-refractivity contribution in [3.05, 3.63) is 30.1 Å². The summed E-state index contributed by atoms with van der Waals surface area (Å²) in [6, 6.07) is 2.78. The number of aromatic nitrogens is 2. The average molecular weight is 269 g/mol. The number of carboxylic acids is 1. The highest BCUT2D eigenvalue weighted by Crippen LogP contribution is 2.17. The lowest BCUT2D eigenvalue weighted by atomic mass is 10.3. The Morgan fingerprint density at radius 2 is 2.06 bits per heavy atom. The van der Waals surface area contributed by atoms with Crippen molar-refractivity contribution in [1.29, 1.82) is 0 Å². The summed E-state index contributed by atoms with van der Waals surface area (Å²) in [7, 11) is -0.710. The van der Waals surface area contributed by atoms with Crippen LogP contribution in [-0.4, -0.2) is 47.5 Å². The molecule has 0 aliphatic rings. The number of pyridine rings is 1. The van der Waals surface area contributed by atoms with Crippen LogP contribution < -0.4 is 0 Å². The molecule has 0 spiro atoms. The quantitative estimate of drug-likeness (QED) is 0.864. The summed E-state index contributed by atoms with van der Waals surface area (Å²) in [5.74, 6) is -1.10. The molecule has 0 saturated heterocycles. The van der Waals surface area contributed by atoms with Crippen LogP contribution in [0.25, 0.3) is 5.52 Å². The van der Waals surface area contributed by atoms with Crippen molar-refractivity contribution in [3.63, 3.8) is 0 Å². The number of nitrogens with zero attached hydrogens (tertiary/aromatic N) is 3. The van der Waals surface area contributed by atoms with Crippen LogP contribution in [0, 0.1) is 0 Å². The average Bonchev–Trinajstić information content (AvgIpc) is 2.71. The SMILES string of the molecule is CN(C)S(=O)(=O)c1ccc2c(C(=O)O)cnn2c1.